The number of hydrogen-bond acceptors (Lipinski definition) is 2. The summed E-state index contributed by atoms with van der Waals surface area (Å²) in [5.74, 6) is 0. The van der Waals surface area contributed by atoms with Gasteiger partial charge in [0, 0.05) is 12.3 Å². The van der Waals surface area contributed by atoms with E-state index in [2.05, 4.69) is 15.2 Å². The SMILES string of the molecule is c1nc2cc[nH]n2n1. The minimum Gasteiger partial charge on any atom is -0.284 e. The lowest BCUT2D eigenvalue weighted by Gasteiger charge is -1.72. The van der Waals surface area contributed by atoms with E-state index >= 15 is 0 Å². The normalized spacial score (nSPS) is 10.5. The van der Waals surface area contributed by atoms with Crippen molar-refractivity contribution < 1.29 is 0 Å². The average molecular weight is 108 g/mol. The number of nitrogens with zero attached hydrogens (tertiary/aromatic N) is 3. The summed E-state index contributed by atoms with van der Waals surface area (Å²) in [6.45, 7) is 0. The van der Waals surface area contributed by atoms with Crippen molar-refractivity contribution in [1.29, 1.82) is 0 Å². The molecule has 0 spiro atoms. The molecule has 0 radical (unpaired) electrons. The Hall–Kier alpha value is -1.32. The van der Waals surface area contributed by atoms with Gasteiger partial charge in [0.15, 0.2) is 5.65 Å². The van der Waals surface area contributed by atoms with E-state index in [-0.39, 0.29) is 0 Å². The van der Waals surface area contributed by atoms with Crippen LogP contribution < -0.4 is 0 Å². The molecule has 0 atom stereocenters. The number of hydrogen-bond donors (Lipinski definition) is 1. The number of H-pyrrole nitrogens is 1. The van der Waals surface area contributed by atoms with Crippen molar-refractivity contribution in [1.82, 2.24) is 19.8 Å². The van der Waals surface area contributed by atoms with Gasteiger partial charge in [0.1, 0.15) is 6.33 Å². The fourth-order valence-corrected chi connectivity index (χ4v) is 0.646. The number of aromatic nitrogens is 4. The lowest BCUT2D eigenvalue weighted by atomic mass is 10.7. The van der Waals surface area contributed by atoms with E-state index in [0.29, 0.717) is 0 Å². The number of aromatic amines is 1. The van der Waals surface area contributed by atoms with Gasteiger partial charge in [-0.05, 0) is 0 Å². The van der Waals surface area contributed by atoms with Crippen LogP contribution in [-0.4, -0.2) is 19.8 Å². The zero-order valence-electron chi connectivity index (χ0n) is 4.07. The Morgan fingerprint density at radius 2 is 2.62 bits per heavy atom. The van der Waals surface area contributed by atoms with E-state index in [4.69, 9.17) is 0 Å². The van der Waals surface area contributed by atoms with E-state index in [9.17, 15) is 0 Å². The maximum absolute atomic E-state index is 3.90. The minimum atomic E-state index is 0.852. The zero-order chi connectivity index (χ0) is 5.40. The summed E-state index contributed by atoms with van der Waals surface area (Å²) in [7, 11) is 0. The molecule has 0 aliphatic heterocycles. The fraction of sp³-hybridized carbons (Fsp3) is 0. The fourth-order valence-electron chi connectivity index (χ4n) is 0.646. The molecule has 8 heavy (non-hydrogen) atoms. The molecule has 0 aliphatic rings. The van der Waals surface area contributed by atoms with Gasteiger partial charge in [-0.15, -0.1) is 5.10 Å². The van der Waals surface area contributed by atoms with E-state index in [1.54, 1.807) is 10.8 Å². The molecule has 2 aromatic heterocycles. The maximum Gasteiger partial charge on any atom is 0.175 e. The molecule has 1 N–H and O–H groups in total. The first-order valence-corrected chi connectivity index (χ1v) is 2.30. The Morgan fingerprint density at radius 1 is 1.62 bits per heavy atom. The Balaban J connectivity index is 3.06. The minimum absolute atomic E-state index is 0.852. The van der Waals surface area contributed by atoms with E-state index in [0.717, 1.165) is 5.65 Å². The molecule has 0 bridgehead atoms. The molecule has 0 aromatic carbocycles. The molecule has 0 saturated carbocycles. The van der Waals surface area contributed by atoms with Gasteiger partial charge in [-0.1, -0.05) is 0 Å². The Bertz CT molecular complexity index is 229. The maximum atomic E-state index is 3.90. The van der Waals surface area contributed by atoms with Crippen LogP contribution in [-0.2, 0) is 0 Å². The summed E-state index contributed by atoms with van der Waals surface area (Å²) >= 11 is 0. The van der Waals surface area contributed by atoms with Crippen LogP contribution in [0, 0.1) is 0 Å². The van der Waals surface area contributed by atoms with Gasteiger partial charge in [0.05, 0.1) is 0 Å². The van der Waals surface area contributed by atoms with Crippen LogP contribution in [0.3, 0.4) is 0 Å². The Labute approximate surface area is 45.1 Å². The molecule has 0 aliphatic carbocycles. The average Bonchev–Trinajstić information content (AvgIpc) is 2.15. The van der Waals surface area contributed by atoms with Gasteiger partial charge in [-0.2, -0.15) is 4.63 Å². The van der Waals surface area contributed by atoms with Crippen LogP contribution in [0.2, 0.25) is 0 Å². The molecule has 4 nitrogen and oxygen atoms in total. The highest BCUT2D eigenvalue weighted by Gasteiger charge is 1.88. The quantitative estimate of drug-likeness (QED) is 0.518. The third-order valence-corrected chi connectivity index (χ3v) is 1.00. The number of fused-ring (bicyclic) bond motifs is 1. The van der Waals surface area contributed by atoms with Gasteiger partial charge < -0.3 is 0 Å². The first-order valence-electron chi connectivity index (χ1n) is 2.30. The van der Waals surface area contributed by atoms with Gasteiger partial charge in [-0.25, -0.2) is 4.98 Å². The molecule has 40 valence electrons. The van der Waals surface area contributed by atoms with Crippen molar-refractivity contribution in [3.05, 3.63) is 18.6 Å². The highest BCUT2D eigenvalue weighted by atomic mass is 15.4. The van der Waals surface area contributed by atoms with Crippen LogP contribution in [0.5, 0.6) is 0 Å². The molecule has 2 aromatic rings. The number of rotatable bonds is 0. The van der Waals surface area contributed by atoms with E-state index in [1.165, 1.54) is 6.33 Å². The monoisotopic (exact) mass is 108 g/mol. The third kappa shape index (κ3) is 0.294. The van der Waals surface area contributed by atoms with Crippen molar-refractivity contribution in [3.8, 4) is 0 Å². The summed E-state index contributed by atoms with van der Waals surface area (Å²) in [5.41, 5.74) is 0.852. The van der Waals surface area contributed by atoms with Crippen LogP contribution in [0.25, 0.3) is 5.65 Å². The molecule has 0 amide bonds. The second kappa shape index (κ2) is 1.09. The highest BCUT2D eigenvalue weighted by Crippen LogP contribution is 1.90. The van der Waals surface area contributed by atoms with Crippen molar-refractivity contribution in [3.63, 3.8) is 0 Å². The highest BCUT2D eigenvalue weighted by molar-refractivity contribution is 5.32. The van der Waals surface area contributed by atoms with E-state index in [1.807, 2.05) is 6.07 Å². The molecule has 4 heteroatoms. The van der Waals surface area contributed by atoms with Crippen LogP contribution in [0.1, 0.15) is 0 Å². The lowest BCUT2D eigenvalue weighted by molar-refractivity contribution is 0.821. The largest absolute Gasteiger partial charge is 0.284 e. The summed E-state index contributed by atoms with van der Waals surface area (Å²) < 4.78 is 1.60. The predicted octanol–water partition coefficient (Wildman–Crippen LogP) is 0.0574. The van der Waals surface area contributed by atoms with Gasteiger partial charge in [0.25, 0.3) is 0 Å². The molecule has 2 rings (SSSR count). The van der Waals surface area contributed by atoms with Gasteiger partial charge >= 0.3 is 0 Å². The summed E-state index contributed by atoms with van der Waals surface area (Å²) in [6, 6.07) is 1.85. The van der Waals surface area contributed by atoms with Crippen molar-refractivity contribution >= 4 is 5.65 Å². The molecule has 0 unspecified atom stereocenters. The van der Waals surface area contributed by atoms with Gasteiger partial charge in [-0.3, -0.25) is 5.10 Å². The molecule has 2 heterocycles. The van der Waals surface area contributed by atoms with E-state index < -0.39 is 0 Å². The molecular formula is C4H4N4. The second-order valence-corrected chi connectivity index (χ2v) is 1.49. The summed E-state index contributed by atoms with van der Waals surface area (Å²) in [4.78, 5) is 3.90. The summed E-state index contributed by atoms with van der Waals surface area (Å²) in [5, 5.41) is 6.67. The zero-order valence-corrected chi connectivity index (χ0v) is 4.07. The Morgan fingerprint density at radius 3 is 3.50 bits per heavy atom. The standard InChI is InChI=1S/C4H4N4/c1-2-6-8-4(1)5-3-7-8/h1-3,6H. The molecule has 0 fully saturated rings. The van der Waals surface area contributed by atoms with Gasteiger partial charge in [0.2, 0.25) is 0 Å². The smallest absolute Gasteiger partial charge is 0.175 e. The Kier molecular flexibility index (Phi) is 0.498. The van der Waals surface area contributed by atoms with Crippen LogP contribution in [0.4, 0.5) is 0 Å². The van der Waals surface area contributed by atoms with Crippen LogP contribution >= 0.6 is 0 Å². The molecule has 0 saturated heterocycles. The van der Waals surface area contributed by atoms with Crippen LogP contribution in [0.15, 0.2) is 18.6 Å². The van der Waals surface area contributed by atoms with Crippen molar-refractivity contribution in [2.75, 3.05) is 0 Å². The van der Waals surface area contributed by atoms with Crippen molar-refractivity contribution in [2.24, 2.45) is 0 Å². The number of nitrogens with one attached hydrogen (secondary N) is 1. The topological polar surface area (TPSA) is 46.0 Å². The lowest BCUT2D eigenvalue weighted by Crippen LogP contribution is -1.81. The summed E-state index contributed by atoms with van der Waals surface area (Å²) in [6.07, 6.45) is 3.29. The molecular weight excluding hydrogens is 104 g/mol. The first-order chi connectivity index (χ1) is 3.97. The predicted molar refractivity (Wildman–Crippen MR) is 27.3 cm³/mol. The second-order valence-electron chi connectivity index (χ2n) is 1.49. The van der Waals surface area contributed by atoms with Crippen molar-refractivity contribution in [2.45, 2.75) is 0 Å². The first kappa shape index (κ1) is 3.65. The third-order valence-electron chi connectivity index (χ3n) is 1.00.